The molecule has 0 spiro atoms. The maximum absolute atomic E-state index is 12.6. The molecule has 3 aromatic rings. The average molecular weight is 453 g/mol. The highest BCUT2D eigenvalue weighted by Gasteiger charge is 2.27. The van der Waals surface area contributed by atoms with Crippen LogP contribution >= 0.6 is 0 Å². The van der Waals surface area contributed by atoms with Gasteiger partial charge in [-0.25, -0.2) is 4.79 Å². The number of piperidine rings is 1. The molecule has 1 fully saturated rings. The maximum Gasteiger partial charge on any atom is 0.319 e. The highest BCUT2D eigenvalue weighted by Crippen LogP contribution is 2.31. The van der Waals surface area contributed by atoms with Gasteiger partial charge < -0.3 is 10.6 Å². The molecule has 5 nitrogen and oxygen atoms in total. The number of anilines is 1. The molecular weight excluding hydrogens is 420 g/mol. The van der Waals surface area contributed by atoms with Gasteiger partial charge in [0.15, 0.2) is 0 Å². The summed E-state index contributed by atoms with van der Waals surface area (Å²) in [7, 11) is 0. The fraction of sp³-hybridized carbons (Fsp3) is 0.310. The molecule has 1 atom stereocenters. The highest BCUT2D eigenvalue weighted by molar-refractivity contribution is 5.91. The second-order valence-corrected chi connectivity index (χ2v) is 9.06. The largest absolute Gasteiger partial charge is 0.351 e. The van der Waals surface area contributed by atoms with Gasteiger partial charge in [0.05, 0.1) is 17.7 Å². The van der Waals surface area contributed by atoms with Crippen molar-refractivity contribution in [3.63, 3.8) is 0 Å². The summed E-state index contributed by atoms with van der Waals surface area (Å²) in [6.07, 6.45) is 4.29. The van der Waals surface area contributed by atoms with Crippen LogP contribution in [0.5, 0.6) is 0 Å². The molecule has 1 aliphatic heterocycles. The van der Waals surface area contributed by atoms with Crippen molar-refractivity contribution < 1.29 is 4.79 Å². The van der Waals surface area contributed by atoms with Gasteiger partial charge in [-0.1, -0.05) is 66.7 Å². The van der Waals surface area contributed by atoms with Crippen LogP contribution < -0.4 is 10.6 Å². The van der Waals surface area contributed by atoms with E-state index in [-0.39, 0.29) is 6.04 Å². The summed E-state index contributed by atoms with van der Waals surface area (Å²) in [5.74, 6) is 0.722. The minimum Gasteiger partial charge on any atom is -0.351 e. The summed E-state index contributed by atoms with van der Waals surface area (Å²) >= 11 is 0. The smallest absolute Gasteiger partial charge is 0.319 e. The van der Waals surface area contributed by atoms with Gasteiger partial charge in [-0.15, -0.1) is 0 Å². The van der Waals surface area contributed by atoms with Crippen LogP contribution in [0.4, 0.5) is 10.5 Å². The highest BCUT2D eigenvalue weighted by atomic mass is 16.2. The molecule has 1 saturated heterocycles. The average Bonchev–Trinajstić information content (AvgIpc) is 2.88. The number of carbonyl (C=O) groups excluding carboxylic acids is 1. The molecule has 2 amide bonds. The topological polar surface area (TPSA) is 73.4 Å². The van der Waals surface area contributed by atoms with Crippen molar-refractivity contribution in [1.29, 1.82) is 5.26 Å². The monoisotopic (exact) mass is 452 g/mol. The number of nitriles is 1. The summed E-state index contributed by atoms with van der Waals surface area (Å²) < 4.78 is 0. The van der Waals surface area contributed by atoms with Crippen LogP contribution in [-0.2, 0) is 6.42 Å². The van der Waals surface area contributed by atoms with Crippen molar-refractivity contribution in [3.8, 4) is 6.07 Å². The van der Waals surface area contributed by atoms with Crippen molar-refractivity contribution in [1.82, 2.24) is 4.90 Å². The van der Waals surface area contributed by atoms with E-state index in [1.807, 2.05) is 36.4 Å². The molecule has 34 heavy (non-hydrogen) atoms. The molecule has 3 aromatic carbocycles. The first-order chi connectivity index (χ1) is 16.6. The lowest BCUT2D eigenvalue weighted by atomic mass is 9.90. The first kappa shape index (κ1) is 23.5. The normalized spacial score (nSPS) is 15.4. The summed E-state index contributed by atoms with van der Waals surface area (Å²) in [6.45, 7) is 3.03. The Labute approximate surface area is 202 Å². The minimum atomic E-state index is -0.509. The Balaban J connectivity index is 1.45. The lowest BCUT2D eigenvalue weighted by Crippen LogP contribution is -2.41. The van der Waals surface area contributed by atoms with E-state index < -0.39 is 6.03 Å². The van der Waals surface area contributed by atoms with Crippen LogP contribution in [0, 0.1) is 17.2 Å². The first-order valence-electron chi connectivity index (χ1n) is 12.0. The quantitative estimate of drug-likeness (QED) is 0.488. The van der Waals surface area contributed by atoms with Crippen LogP contribution in [0.2, 0.25) is 0 Å². The van der Waals surface area contributed by atoms with Gasteiger partial charge in [-0.2, -0.15) is 5.26 Å². The number of nitrogens with zero attached hydrogens (tertiary/aromatic N) is 3. The van der Waals surface area contributed by atoms with Gasteiger partial charge in [0.2, 0.25) is 0 Å². The van der Waals surface area contributed by atoms with Crippen molar-refractivity contribution >= 4 is 11.7 Å². The molecule has 5 heteroatoms. The van der Waals surface area contributed by atoms with Gasteiger partial charge in [0.25, 0.3) is 0 Å². The molecule has 1 unspecified atom stereocenters. The summed E-state index contributed by atoms with van der Waals surface area (Å²) in [4.78, 5) is 16.8. The number of urea groups is 1. The fourth-order valence-corrected chi connectivity index (χ4v) is 4.97. The number of carbonyl (C=O) groups is 1. The molecule has 0 aromatic heterocycles. The molecule has 174 valence electrons. The van der Waals surface area contributed by atoms with Crippen LogP contribution in [-0.4, -0.2) is 30.6 Å². The molecule has 1 aliphatic rings. The second-order valence-electron chi connectivity index (χ2n) is 9.06. The Morgan fingerprint density at radius 2 is 1.68 bits per heavy atom. The molecule has 0 bridgehead atoms. The van der Waals surface area contributed by atoms with E-state index in [1.54, 1.807) is 23.1 Å². The number of amides is 2. The predicted molar refractivity (Wildman–Crippen MR) is 136 cm³/mol. The maximum atomic E-state index is 12.6. The number of nitrogens with two attached hydrogens (primary N) is 1. The third-order valence-corrected chi connectivity index (χ3v) is 6.78. The molecule has 0 saturated carbocycles. The first-order valence-corrected chi connectivity index (χ1v) is 12.0. The van der Waals surface area contributed by atoms with E-state index in [9.17, 15) is 10.1 Å². The van der Waals surface area contributed by atoms with Crippen molar-refractivity contribution in [2.75, 3.05) is 24.5 Å². The van der Waals surface area contributed by atoms with E-state index in [0.29, 0.717) is 11.3 Å². The summed E-state index contributed by atoms with van der Waals surface area (Å²) in [5.41, 5.74) is 9.52. The van der Waals surface area contributed by atoms with Crippen molar-refractivity contribution in [3.05, 3.63) is 102 Å². The van der Waals surface area contributed by atoms with Crippen LogP contribution in [0.1, 0.15) is 42.0 Å². The molecule has 4 rings (SSSR count). The van der Waals surface area contributed by atoms with Crippen LogP contribution in [0.15, 0.2) is 84.9 Å². The number of hydrogen-bond donors (Lipinski definition) is 1. The third kappa shape index (κ3) is 6.03. The van der Waals surface area contributed by atoms with Crippen LogP contribution in [0.3, 0.4) is 0 Å². The second kappa shape index (κ2) is 11.5. The van der Waals surface area contributed by atoms with E-state index in [4.69, 9.17) is 5.73 Å². The zero-order valence-electron chi connectivity index (χ0n) is 19.5. The Morgan fingerprint density at radius 3 is 2.32 bits per heavy atom. The zero-order chi connectivity index (χ0) is 23.8. The van der Waals surface area contributed by atoms with Gasteiger partial charge >= 0.3 is 6.03 Å². The summed E-state index contributed by atoms with van der Waals surface area (Å²) in [6, 6.07) is 29.3. The number of benzene rings is 3. The van der Waals surface area contributed by atoms with Gasteiger partial charge in [0, 0.05) is 12.2 Å². The Hall–Kier alpha value is -3.62. The fourth-order valence-electron chi connectivity index (χ4n) is 4.97. The minimum absolute atomic E-state index is 0.199. The molecular formula is C29H32N4O. The van der Waals surface area contributed by atoms with Gasteiger partial charge in [0.1, 0.15) is 0 Å². The molecule has 2 N–H and O–H groups in total. The molecule has 1 heterocycles. The lowest BCUT2D eigenvalue weighted by molar-refractivity contribution is 0.178. The molecule has 0 radical (unpaired) electrons. The SMILES string of the molecule is N#Cc1cccc(N(C(N)=O)C(CCN2CCC(Cc3ccccc3)CC2)c2ccccc2)c1. The number of rotatable bonds is 8. The van der Waals surface area contributed by atoms with Gasteiger partial charge in [-0.3, -0.25) is 4.90 Å². The van der Waals surface area contributed by atoms with Crippen molar-refractivity contribution in [2.24, 2.45) is 11.7 Å². The standard InChI is InChI=1S/C29H32N4O/c30-22-25-10-7-13-27(21-25)33(29(31)34)28(26-11-5-2-6-12-26)16-19-32-17-14-24(15-18-32)20-23-8-3-1-4-9-23/h1-13,21,24,28H,14-20H2,(H2,31,34). The molecule has 0 aliphatic carbocycles. The van der Waals surface area contributed by atoms with Crippen molar-refractivity contribution in [2.45, 2.75) is 31.7 Å². The van der Waals surface area contributed by atoms with E-state index >= 15 is 0 Å². The lowest BCUT2D eigenvalue weighted by Gasteiger charge is -2.35. The van der Waals surface area contributed by atoms with E-state index in [2.05, 4.69) is 41.3 Å². The number of hydrogen-bond acceptors (Lipinski definition) is 3. The third-order valence-electron chi connectivity index (χ3n) is 6.78. The Kier molecular flexibility index (Phi) is 7.95. The Morgan fingerprint density at radius 1 is 1.00 bits per heavy atom. The summed E-state index contributed by atoms with van der Waals surface area (Å²) in [5, 5.41) is 9.33. The number of likely N-dealkylation sites (tertiary alicyclic amines) is 1. The zero-order valence-corrected chi connectivity index (χ0v) is 19.5. The van der Waals surface area contributed by atoms with E-state index in [1.165, 1.54) is 18.4 Å². The Bertz CT molecular complexity index is 1100. The van der Waals surface area contributed by atoms with Crippen LogP contribution in [0.25, 0.3) is 0 Å². The van der Waals surface area contributed by atoms with Gasteiger partial charge in [-0.05, 0) is 74.0 Å². The van der Waals surface area contributed by atoms with E-state index in [0.717, 1.165) is 44.0 Å². The predicted octanol–water partition coefficient (Wildman–Crippen LogP) is 5.53. The number of primary amides is 1.